The van der Waals surface area contributed by atoms with Crippen LogP contribution in [0.2, 0.25) is 0 Å². The number of carbonyl (C=O) groups is 2. The number of aromatic nitrogens is 2. The summed E-state index contributed by atoms with van der Waals surface area (Å²) in [5.41, 5.74) is 5.17. The third-order valence-corrected chi connectivity index (χ3v) is 3.82. The van der Waals surface area contributed by atoms with Crippen molar-refractivity contribution in [2.45, 2.75) is 34.1 Å². The maximum absolute atomic E-state index is 12.3. The van der Waals surface area contributed by atoms with Crippen molar-refractivity contribution in [2.75, 3.05) is 10.6 Å². The molecule has 2 amide bonds. The molecule has 0 radical (unpaired) electrons. The first-order valence-corrected chi connectivity index (χ1v) is 7.45. The van der Waals surface area contributed by atoms with Gasteiger partial charge in [-0.3, -0.25) is 14.3 Å². The van der Waals surface area contributed by atoms with Crippen molar-refractivity contribution < 1.29 is 9.59 Å². The Labute approximate surface area is 135 Å². The molecule has 0 spiro atoms. The van der Waals surface area contributed by atoms with Crippen LogP contribution < -0.4 is 10.6 Å². The van der Waals surface area contributed by atoms with Crippen LogP contribution in [0, 0.1) is 20.8 Å². The summed E-state index contributed by atoms with van der Waals surface area (Å²) in [5.74, 6) is -0.205. The summed E-state index contributed by atoms with van der Waals surface area (Å²) in [6, 6.07) is 5.40. The summed E-state index contributed by atoms with van der Waals surface area (Å²) in [4.78, 5) is 23.4. The van der Waals surface area contributed by atoms with Crippen LogP contribution in [0.4, 0.5) is 11.4 Å². The van der Waals surface area contributed by atoms with Gasteiger partial charge in [-0.25, -0.2) is 0 Å². The molecular weight excluding hydrogens is 292 g/mol. The van der Waals surface area contributed by atoms with Gasteiger partial charge < -0.3 is 10.6 Å². The molecule has 0 bridgehead atoms. The molecule has 23 heavy (non-hydrogen) atoms. The van der Waals surface area contributed by atoms with E-state index in [1.54, 1.807) is 16.8 Å². The van der Waals surface area contributed by atoms with Gasteiger partial charge in [0.15, 0.2) is 0 Å². The van der Waals surface area contributed by atoms with Crippen molar-refractivity contribution in [3.8, 4) is 0 Å². The molecule has 0 unspecified atom stereocenters. The number of benzene rings is 1. The van der Waals surface area contributed by atoms with E-state index >= 15 is 0 Å². The van der Waals surface area contributed by atoms with E-state index in [2.05, 4.69) is 15.7 Å². The lowest BCUT2D eigenvalue weighted by Crippen LogP contribution is -2.15. The molecule has 0 aliphatic rings. The highest BCUT2D eigenvalue weighted by molar-refractivity contribution is 5.94. The fourth-order valence-corrected chi connectivity index (χ4v) is 2.51. The van der Waals surface area contributed by atoms with Crippen LogP contribution in [0.5, 0.6) is 0 Å². The molecule has 0 atom stereocenters. The van der Waals surface area contributed by atoms with Crippen molar-refractivity contribution in [3.05, 3.63) is 40.7 Å². The van der Waals surface area contributed by atoms with Crippen LogP contribution in [0.3, 0.4) is 0 Å². The van der Waals surface area contributed by atoms with Crippen LogP contribution >= 0.6 is 0 Å². The smallest absolute Gasteiger partial charge is 0.228 e. The highest BCUT2D eigenvalue weighted by Crippen LogP contribution is 2.20. The number of aryl methyl sites for hydroxylation is 3. The summed E-state index contributed by atoms with van der Waals surface area (Å²) in [7, 11) is 1.87. The summed E-state index contributed by atoms with van der Waals surface area (Å²) >= 11 is 0. The molecule has 1 aromatic carbocycles. The van der Waals surface area contributed by atoms with Crippen LogP contribution in [-0.2, 0) is 23.1 Å². The van der Waals surface area contributed by atoms with Gasteiger partial charge in [0, 0.05) is 36.6 Å². The molecule has 122 valence electrons. The van der Waals surface area contributed by atoms with Gasteiger partial charge in [0.05, 0.1) is 12.1 Å². The second-order valence-corrected chi connectivity index (χ2v) is 5.71. The number of hydrogen-bond acceptors (Lipinski definition) is 3. The van der Waals surface area contributed by atoms with E-state index in [1.165, 1.54) is 6.92 Å². The lowest BCUT2D eigenvalue weighted by Gasteiger charge is -2.10. The maximum Gasteiger partial charge on any atom is 0.228 e. The molecule has 6 heteroatoms. The minimum absolute atomic E-state index is 0.0872. The van der Waals surface area contributed by atoms with Crippen LogP contribution in [0.25, 0.3) is 0 Å². The average molecular weight is 314 g/mol. The van der Waals surface area contributed by atoms with Gasteiger partial charge in [-0.1, -0.05) is 0 Å². The Kier molecular flexibility index (Phi) is 4.83. The summed E-state index contributed by atoms with van der Waals surface area (Å²) < 4.78 is 1.78. The normalized spacial score (nSPS) is 10.5. The molecule has 0 saturated heterocycles. The number of carbonyl (C=O) groups excluding carboxylic acids is 2. The Balaban J connectivity index is 2.08. The summed E-state index contributed by atoms with van der Waals surface area (Å²) in [6.45, 7) is 7.21. The molecule has 1 aromatic heterocycles. The highest BCUT2D eigenvalue weighted by atomic mass is 16.2. The Morgan fingerprint density at radius 1 is 1.17 bits per heavy atom. The van der Waals surface area contributed by atoms with E-state index in [4.69, 9.17) is 0 Å². The van der Waals surface area contributed by atoms with Gasteiger partial charge in [-0.05, 0) is 44.5 Å². The van der Waals surface area contributed by atoms with E-state index < -0.39 is 0 Å². The topological polar surface area (TPSA) is 76.0 Å². The molecule has 0 aliphatic carbocycles. The van der Waals surface area contributed by atoms with Crippen LogP contribution in [-0.4, -0.2) is 21.6 Å². The zero-order valence-corrected chi connectivity index (χ0v) is 14.2. The van der Waals surface area contributed by atoms with Gasteiger partial charge in [-0.15, -0.1) is 0 Å². The molecule has 0 aliphatic heterocycles. The van der Waals surface area contributed by atoms with E-state index in [9.17, 15) is 9.59 Å². The first-order chi connectivity index (χ1) is 10.8. The SMILES string of the molecule is CC(=O)Nc1ccc(NC(=O)Cc2c(C)nn(C)c2C)cc1C. The lowest BCUT2D eigenvalue weighted by atomic mass is 10.1. The number of amides is 2. The van der Waals surface area contributed by atoms with Gasteiger partial charge in [0.1, 0.15) is 0 Å². The fraction of sp³-hybridized carbons (Fsp3) is 0.353. The average Bonchev–Trinajstić information content (AvgIpc) is 2.68. The molecule has 1 heterocycles. The number of hydrogen-bond donors (Lipinski definition) is 2. The molecule has 2 rings (SSSR count). The standard InChI is InChI=1S/C17H22N4O2/c1-10-8-14(6-7-16(10)18-13(4)22)19-17(23)9-15-11(2)20-21(5)12(15)3/h6-8H,9H2,1-5H3,(H,18,22)(H,19,23). The van der Waals surface area contributed by atoms with Crippen molar-refractivity contribution >= 4 is 23.2 Å². The van der Waals surface area contributed by atoms with Crippen LogP contribution in [0.15, 0.2) is 18.2 Å². The van der Waals surface area contributed by atoms with Crippen molar-refractivity contribution in [2.24, 2.45) is 7.05 Å². The van der Waals surface area contributed by atoms with Crippen molar-refractivity contribution in [3.63, 3.8) is 0 Å². The van der Waals surface area contributed by atoms with Crippen molar-refractivity contribution in [1.29, 1.82) is 0 Å². The van der Waals surface area contributed by atoms with Crippen LogP contribution in [0.1, 0.15) is 29.4 Å². The predicted octanol–water partition coefficient (Wildman–Crippen LogP) is 2.48. The highest BCUT2D eigenvalue weighted by Gasteiger charge is 2.14. The maximum atomic E-state index is 12.3. The lowest BCUT2D eigenvalue weighted by molar-refractivity contribution is -0.116. The predicted molar refractivity (Wildman–Crippen MR) is 90.5 cm³/mol. The summed E-state index contributed by atoms with van der Waals surface area (Å²) in [6.07, 6.45) is 0.290. The van der Waals surface area contributed by atoms with Gasteiger partial charge in [-0.2, -0.15) is 5.10 Å². The molecule has 6 nitrogen and oxygen atoms in total. The quantitative estimate of drug-likeness (QED) is 0.910. The van der Waals surface area contributed by atoms with E-state index in [-0.39, 0.29) is 18.2 Å². The fourth-order valence-electron chi connectivity index (χ4n) is 2.51. The first-order valence-electron chi connectivity index (χ1n) is 7.45. The number of nitrogens with zero attached hydrogens (tertiary/aromatic N) is 2. The van der Waals surface area contributed by atoms with Crippen molar-refractivity contribution in [1.82, 2.24) is 9.78 Å². The second kappa shape index (κ2) is 6.64. The number of nitrogens with one attached hydrogen (secondary N) is 2. The molecule has 0 fully saturated rings. The molecule has 0 saturated carbocycles. The van der Waals surface area contributed by atoms with Gasteiger partial charge >= 0.3 is 0 Å². The molecular formula is C17H22N4O2. The minimum Gasteiger partial charge on any atom is -0.326 e. The number of anilines is 2. The Morgan fingerprint density at radius 3 is 2.39 bits per heavy atom. The summed E-state index contributed by atoms with van der Waals surface area (Å²) in [5, 5.41) is 9.96. The van der Waals surface area contributed by atoms with Gasteiger partial charge in [0.25, 0.3) is 0 Å². The molecule has 2 N–H and O–H groups in total. The van der Waals surface area contributed by atoms with Gasteiger partial charge in [0.2, 0.25) is 11.8 Å². The minimum atomic E-state index is -0.118. The van der Waals surface area contributed by atoms with E-state index in [1.807, 2.05) is 33.9 Å². The third-order valence-electron chi connectivity index (χ3n) is 3.82. The Morgan fingerprint density at radius 2 is 1.87 bits per heavy atom. The Bertz CT molecular complexity index is 762. The third kappa shape index (κ3) is 3.97. The molecule has 2 aromatic rings. The monoisotopic (exact) mass is 314 g/mol. The number of rotatable bonds is 4. The zero-order valence-electron chi connectivity index (χ0n) is 14.2. The van der Waals surface area contributed by atoms with E-state index in [0.29, 0.717) is 5.69 Å². The largest absolute Gasteiger partial charge is 0.326 e. The van der Waals surface area contributed by atoms with E-state index in [0.717, 1.165) is 28.2 Å². The zero-order chi connectivity index (χ0) is 17.1. The first kappa shape index (κ1) is 16.7. The Hall–Kier alpha value is -2.63. The second-order valence-electron chi connectivity index (χ2n) is 5.71.